The molecule has 0 aliphatic heterocycles. The summed E-state index contributed by atoms with van der Waals surface area (Å²) in [6.07, 6.45) is 7.85. The fourth-order valence-corrected chi connectivity index (χ4v) is 1.79. The summed E-state index contributed by atoms with van der Waals surface area (Å²) in [5.74, 6) is 2.62. The minimum atomic E-state index is 0.0389. The Hall–Kier alpha value is -0.970. The summed E-state index contributed by atoms with van der Waals surface area (Å²) in [6, 6.07) is 5.89. The van der Waals surface area contributed by atoms with Crippen molar-refractivity contribution in [1.82, 2.24) is 0 Å². The summed E-state index contributed by atoms with van der Waals surface area (Å²) < 4.78 is 0. The van der Waals surface area contributed by atoms with E-state index in [9.17, 15) is 0 Å². The van der Waals surface area contributed by atoms with E-state index in [4.69, 9.17) is 23.8 Å². The smallest absolute Gasteiger partial charge is 0.0438 e. The van der Waals surface area contributed by atoms with Crippen LogP contribution < -0.4 is 5.73 Å². The van der Waals surface area contributed by atoms with Gasteiger partial charge in [-0.15, -0.1) is 12.3 Å². The summed E-state index contributed by atoms with van der Waals surface area (Å²) in [4.78, 5) is 0. The molecule has 1 aromatic carbocycles. The van der Waals surface area contributed by atoms with Crippen molar-refractivity contribution in [2.24, 2.45) is 5.73 Å². The molecule has 0 amide bonds. The third kappa shape index (κ3) is 3.27. The van der Waals surface area contributed by atoms with Crippen LogP contribution in [0.3, 0.4) is 0 Å². The van der Waals surface area contributed by atoms with Crippen molar-refractivity contribution < 1.29 is 0 Å². The second-order valence-corrected chi connectivity index (χ2v) is 4.06. The Morgan fingerprint density at radius 3 is 2.93 bits per heavy atom. The summed E-state index contributed by atoms with van der Waals surface area (Å²) in [5.41, 5.74) is 8.28. The van der Waals surface area contributed by atoms with Gasteiger partial charge < -0.3 is 5.73 Å². The zero-order valence-corrected chi connectivity index (χ0v) is 9.72. The van der Waals surface area contributed by atoms with Crippen LogP contribution in [0.1, 0.15) is 36.4 Å². The van der Waals surface area contributed by atoms with Gasteiger partial charge >= 0.3 is 0 Å². The molecule has 1 rings (SSSR count). The standard InChI is InChI=1S/C13H16ClN/c1-3-4-5-9-13(15)11-7-6-8-12(14)10(11)2/h1,6-8,13H,4-5,9,15H2,2H3. The number of unbranched alkanes of at least 4 members (excludes halogenated alkanes) is 1. The first-order valence-corrected chi connectivity index (χ1v) is 5.48. The fraction of sp³-hybridized carbons (Fsp3) is 0.385. The highest BCUT2D eigenvalue weighted by Crippen LogP contribution is 2.25. The molecule has 0 aromatic heterocycles. The van der Waals surface area contributed by atoms with E-state index in [-0.39, 0.29) is 6.04 Å². The molecule has 1 atom stereocenters. The van der Waals surface area contributed by atoms with Crippen LogP contribution in [0.4, 0.5) is 0 Å². The van der Waals surface area contributed by atoms with Crippen molar-refractivity contribution in [3.8, 4) is 12.3 Å². The van der Waals surface area contributed by atoms with Crippen molar-refractivity contribution in [2.45, 2.75) is 32.2 Å². The van der Waals surface area contributed by atoms with Gasteiger partial charge in [0.05, 0.1) is 0 Å². The summed E-state index contributed by atoms with van der Waals surface area (Å²) in [5, 5.41) is 0.778. The van der Waals surface area contributed by atoms with E-state index in [1.165, 1.54) is 0 Å². The molecule has 0 heterocycles. The van der Waals surface area contributed by atoms with Gasteiger partial charge in [-0.2, -0.15) is 0 Å². The molecule has 0 spiro atoms. The predicted molar refractivity (Wildman–Crippen MR) is 65.8 cm³/mol. The summed E-state index contributed by atoms with van der Waals surface area (Å²) in [7, 11) is 0. The van der Waals surface area contributed by atoms with Crippen LogP contribution in [0.15, 0.2) is 18.2 Å². The third-order valence-electron chi connectivity index (χ3n) is 2.55. The van der Waals surface area contributed by atoms with E-state index in [1.54, 1.807) is 0 Å². The van der Waals surface area contributed by atoms with Gasteiger partial charge in [0, 0.05) is 17.5 Å². The zero-order chi connectivity index (χ0) is 11.3. The molecule has 2 N–H and O–H groups in total. The molecule has 1 nitrogen and oxygen atoms in total. The number of rotatable bonds is 4. The maximum absolute atomic E-state index is 6.08. The van der Waals surface area contributed by atoms with Gasteiger partial charge in [0.2, 0.25) is 0 Å². The number of hydrogen-bond donors (Lipinski definition) is 1. The quantitative estimate of drug-likeness (QED) is 0.612. The van der Waals surface area contributed by atoms with Crippen LogP contribution in [0.5, 0.6) is 0 Å². The van der Waals surface area contributed by atoms with Crippen molar-refractivity contribution in [2.75, 3.05) is 0 Å². The molecule has 1 unspecified atom stereocenters. The topological polar surface area (TPSA) is 26.0 Å². The predicted octanol–water partition coefficient (Wildman–Crippen LogP) is 3.45. The van der Waals surface area contributed by atoms with Gasteiger partial charge in [-0.3, -0.25) is 0 Å². The Morgan fingerprint density at radius 1 is 1.53 bits per heavy atom. The lowest BCUT2D eigenvalue weighted by Gasteiger charge is -2.14. The minimum Gasteiger partial charge on any atom is -0.324 e. The van der Waals surface area contributed by atoms with E-state index in [2.05, 4.69) is 5.92 Å². The lowest BCUT2D eigenvalue weighted by Crippen LogP contribution is -2.11. The highest BCUT2D eigenvalue weighted by molar-refractivity contribution is 6.31. The van der Waals surface area contributed by atoms with Crippen molar-refractivity contribution in [3.05, 3.63) is 34.3 Å². The average molecular weight is 222 g/mol. The summed E-state index contributed by atoms with van der Waals surface area (Å²) >= 11 is 6.03. The van der Waals surface area contributed by atoms with Crippen molar-refractivity contribution in [3.63, 3.8) is 0 Å². The first kappa shape index (κ1) is 12.1. The molecule has 0 aliphatic rings. The number of benzene rings is 1. The molecular formula is C13H16ClN. The fourth-order valence-electron chi connectivity index (χ4n) is 1.61. The lowest BCUT2D eigenvalue weighted by atomic mass is 9.98. The molecule has 2 heteroatoms. The highest BCUT2D eigenvalue weighted by Gasteiger charge is 2.09. The lowest BCUT2D eigenvalue weighted by molar-refractivity contribution is 0.618. The molecule has 0 saturated heterocycles. The second-order valence-electron chi connectivity index (χ2n) is 3.66. The zero-order valence-electron chi connectivity index (χ0n) is 8.96. The van der Waals surface area contributed by atoms with Crippen molar-refractivity contribution in [1.29, 1.82) is 0 Å². The van der Waals surface area contributed by atoms with Gasteiger partial charge in [-0.1, -0.05) is 23.7 Å². The first-order chi connectivity index (χ1) is 7.16. The third-order valence-corrected chi connectivity index (χ3v) is 2.95. The number of terminal acetylenes is 1. The Morgan fingerprint density at radius 2 is 2.27 bits per heavy atom. The first-order valence-electron chi connectivity index (χ1n) is 5.11. The molecule has 1 aromatic rings. The molecule has 0 saturated carbocycles. The molecule has 80 valence electrons. The Kier molecular flexibility index (Phi) is 4.68. The maximum Gasteiger partial charge on any atom is 0.0438 e. The SMILES string of the molecule is C#CCCCC(N)c1cccc(Cl)c1C. The van der Waals surface area contributed by atoms with E-state index in [1.807, 2.05) is 25.1 Å². The Balaban J connectivity index is 2.70. The molecule has 0 aliphatic carbocycles. The van der Waals surface area contributed by atoms with Gasteiger partial charge in [0.1, 0.15) is 0 Å². The molecular weight excluding hydrogens is 206 g/mol. The highest BCUT2D eigenvalue weighted by atomic mass is 35.5. The second kappa shape index (κ2) is 5.80. The molecule has 0 radical (unpaired) electrons. The minimum absolute atomic E-state index is 0.0389. The molecule has 15 heavy (non-hydrogen) atoms. The monoisotopic (exact) mass is 221 g/mol. The molecule has 0 bridgehead atoms. The molecule has 0 fully saturated rings. The van der Waals surface area contributed by atoms with E-state index in [0.717, 1.165) is 35.4 Å². The van der Waals surface area contributed by atoms with Gasteiger partial charge in [0.15, 0.2) is 0 Å². The summed E-state index contributed by atoms with van der Waals surface area (Å²) in [6.45, 7) is 2.00. The van der Waals surface area contributed by atoms with Crippen LogP contribution in [0.2, 0.25) is 5.02 Å². The largest absolute Gasteiger partial charge is 0.324 e. The maximum atomic E-state index is 6.08. The van der Waals surface area contributed by atoms with Gasteiger partial charge in [-0.05, 0) is 37.0 Å². The Bertz CT molecular complexity index is 365. The van der Waals surface area contributed by atoms with Crippen LogP contribution in [0.25, 0.3) is 0 Å². The van der Waals surface area contributed by atoms with E-state index >= 15 is 0 Å². The number of hydrogen-bond acceptors (Lipinski definition) is 1. The van der Waals surface area contributed by atoms with Crippen LogP contribution in [-0.4, -0.2) is 0 Å². The van der Waals surface area contributed by atoms with Crippen LogP contribution in [0, 0.1) is 19.3 Å². The van der Waals surface area contributed by atoms with Gasteiger partial charge in [0.25, 0.3) is 0 Å². The number of nitrogens with two attached hydrogens (primary N) is 1. The van der Waals surface area contributed by atoms with E-state index in [0.29, 0.717) is 0 Å². The van der Waals surface area contributed by atoms with E-state index < -0.39 is 0 Å². The normalized spacial score (nSPS) is 12.1. The van der Waals surface area contributed by atoms with Crippen LogP contribution >= 0.6 is 11.6 Å². The average Bonchev–Trinajstić information content (AvgIpc) is 2.22. The van der Waals surface area contributed by atoms with Gasteiger partial charge in [-0.25, -0.2) is 0 Å². The van der Waals surface area contributed by atoms with Crippen molar-refractivity contribution >= 4 is 11.6 Å². The Labute approximate surface area is 96.6 Å². The number of halogens is 1. The van der Waals surface area contributed by atoms with Crippen LogP contribution in [-0.2, 0) is 0 Å².